The van der Waals surface area contributed by atoms with E-state index in [1.807, 2.05) is 36.5 Å². The molecule has 4 heterocycles. The van der Waals surface area contributed by atoms with E-state index < -0.39 is 0 Å². The molecule has 0 radical (unpaired) electrons. The molecular weight excluding hydrogens is 566 g/mol. The van der Waals surface area contributed by atoms with Crippen molar-refractivity contribution in [1.29, 1.82) is 0 Å². The number of hydrogen-bond donors (Lipinski definition) is 5. The molecule has 1 unspecified atom stereocenters. The van der Waals surface area contributed by atoms with Gasteiger partial charge < -0.3 is 31.9 Å². The standard InChI is InChI=1S/C31H34ClN9O2/c32-24-18-35-30-37-23-13-20(16-34-17-23)5-6-21-15-22(36-29(24)40-30)7-8-26(21)38-28(42)14-19-9-11-41(12-10-19)31(43)39-27-4-2-1-3-25(27)33/h1-4,7-8,15-20H,5-6,9-14,33H2,(H,38,42)(H,39,43)(H2,35,36,37,40). The number of nitrogen functional groups attached to an aromatic ring is 1. The first-order valence-corrected chi connectivity index (χ1v) is 14.9. The van der Waals surface area contributed by atoms with E-state index in [2.05, 4.69) is 36.2 Å². The monoisotopic (exact) mass is 599 g/mol. The van der Waals surface area contributed by atoms with Crippen LogP contribution in [0.25, 0.3) is 0 Å². The highest BCUT2D eigenvalue weighted by Gasteiger charge is 2.25. The smallest absolute Gasteiger partial charge is 0.321 e. The summed E-state index contributed by atoms with van der Waals surface area (Å²) < 4.78 is 0. The van der Waals surface area contributed by atoms with Crippen LogP contribution in [-0.2, 0) is 11.2 Å². The SMILES string of the molecule is Nc1ccccc1NC(=O)N1CCC(CC(=O)Nc2ccc3cc2CCC2C=NC=C(C2)Nc2ncc(Cl)c(n2)N3)CC1. The van der Waals surface area contributed by atoms with E-state index in [4.69, 9.17) is 17.3 Å². The second kappa shape index (κ2) is 12.7. The van der Waals surface area contributed by atoms with E-state index in [1.54, 1.807) is 29.4 Å². The molecule has 1 aromatic heterocycles. The number of nitrogens with two attached hydrogens (primary N) is 1. The first-order valence-electron chi connectivity index (χ1n) is 14.5. The number of fused-ring (bicyclic) bond motifs is 6. The Morgan fingerprint density at radius 1 is 1.05 bits per heavy atom. The largest absolute Gasteiger partial charge is 0.397 e. The summed E-state index contributed by atoms with van der Waals surface area (Å²) >= 11 is 6.39. The summed E-state index contributed by atoms with van der Waals surface area (Å²) in [5.41, 5.74) is 10.7. The first kappa shape index (κ1) is 28.5. The maximum atomic E-state index is 13.2. The number of urea groups is 1. The number of para-hydroxylation sites is 2. The molecule has 11 nitrogen and oxygen atoms in total. The second-order valence-corrected chi connectivity index (χ2v) is 11.6. The number of amides is 3. The molecule has 6 N–H and O–H groups in total. The maximum absolute atomic E-state index is 13.2. The number of carbonyl (C=O) groups excluding carboxylic acids is 2. The van der Waals surface area contributed by atoms with Crippen LogP contribution in [0.4, 0.5) is 39.3 Å². The van der Waals surface area contributed by atoms with Gasteiger partial charge in [-0.15, -0.1) is 0 Å². The van der Waals surface area contributed by atoms with Crippen molar-refractivity contribution in [1.82, 2.24) is 14.9 Å². The van der Waals surface area contributed by atoms with Gasteiger partial charge in [-0.05, 0) is 73.9 Å². The summed E-state index contributed by atoms with van der Waals surface area (Å²) in [6.45, 7) is 1.17. The Labute approximate surface area is 255 Å². The van der Waals surface area contributed by atoms with E-state index in [9.17, 15) is 9.59 Å². The van der Waals surface area contributed by atoms with Gasteiger partial charge in [0.1, 0.15) is 5.02 Å². The third kappa shape index (κ3) is 7.06. The van der Waals surface area contributed by atoms with E-state index in [0.29, 0.717) is 47.7 Å². The van der Waals surface area contributed by atoms with Crippen LogP contribution in [0, 0.1) is 11.8 Å². The van der Waals surface area contributed by atoms with Gasteiger partial charge in [-0.25, -0.2) is 9.78 Å². The first-order chi connectivity index (χ1) is 20.9. The number of piperidine rings is 1. The molecule has 3 aliphatic rings. The van der Waals surface area contributed by atoms with Crippen molar-refractivity contribution in [2.45, 2.75) is 38.5 Å². The Bertz CT molecular complexity index is 1580. The van der Waals surface area contributed by atoms with Gasteiger partial charge in [-0.3, -0.25) is 9.79 Å². The molecule has 3 aliphatic heterocycles. The Morgan fingerprint density at radius 2 is 1.88 bits per heavy atom. The Morgan fingerprint density at radius 3 is 2.72 bits per heavy atom. The van der Waals surface area contributed by atoms with E-state index in [1.165, 1.54) is 0 Å². The van der Waals surface area contributed by atoms with Crippen molar-refractivity contribution in [2.24, 2.45) is 16.8 Å². The van der Waals surface area contributed by atoms with Crippen molar-refractivity contribution >= 4 is 64.3 Å². The summed E-state index contributed by atoms with van der Waals surface area (Å²) in [6.07, 6.45) is 9.65. The number of aryl methyl sites for hydroxylation is 1. The van der Waals surface area contributed by atoms with Gasteiger partial charge in [0.15, 0.2) is 5.82 Å². The van der Waals surface area contributed by atoms with E-state index in [0.717, 1.165) is 54.7 Å². The summed E-state index contributed by atoms with van der Waals surface area (Å²) in [5, 5.41) is 13.0. The molecular formula is C31H34ClN9O2. The van der Waals surface area contributed by atoms with Crippen LogP contribution >= 0.6 is 11.6 Å². The number of aliphatic imine (C=N–C) groups is 1. The lowest BCUT2D eigenvalue weighted by atomic mass is 9.92. The minimum Gasteiger partial charge on any atom is -0.397 e. The van der Waals surface area contributed by atoms with Gasteiger partial charge in [-0.1, -0.05) is 23.7 Å². The number of nitrogens with one attached hydrogen (secondary N) is 4. The van der Waals surface area contributed by atoms with Gasteiger partial charge in [0.2, 0.25) is 11.9 Å². The number of likely N-dealkylation sites (tertiary alicyclic amines) is 1. The van der Waals surface area contributed by atoms with Crippen molar-refractivity contribution in [2.75, 3.05) is 40.1 Å². The molecule has 0 aliphatic carbocycles. The van der Waals surface area contributed by atoms with Crippen LogP contribution in [0.1, 0.15) is 37.7 Å². The highest BCUT2D eigenvalue weighted by molar-refractivity contribution is 6.32. The predicted molar refractivity (Wildman–Crippen MR) is 171 cm³/mol. The molecule has 1 saturated heterocycles. The summed E-state index contributed by atoms with van der Waals surface area (Å²) in [4.78, 5) is 41.0. The van der Waals surface area contributed by atoms with Gasteiger partial charge in [0.05, 0.1) is 17.6 Å². The van der Waals surface area contributed by atoms with Crippen molar-refractivity contribution in [3.05, 3.63) is 71.1 Å². The van der Waals surface area contributed by atoms with Gasteiger partial charge in [0, 0.05) is 54.9 Å². The number of benzene rings is 2. The van der Waals surface area contributed by atoms with Crippen LogP contribution in [0.15, 0.2) is 65.6 Å². The third-order valence-electron chi connectivity index (χ3n) is 8.03. The number of anilines is 6. The normalized spacial score (nSPS) is 18.1. The molecule has 12 heteroatoms. The number of aromatic nitrogens is 2. The van der Waals surface area contributed by atoms with E-state index >= 15 is 0 Å². The topological polar surface area (TPSA) is 150 Å². The van der Waals surface area contributed by atoms with Crippen LogP contribution < -0.4 is 27.0 Å². The Kier molecular flexibility index (Phi) is 8.41. The van der Waals surface area contributed by atoms with Crippen molar-refractivity contribution in [3.63, 3.8) is 0 Å². The fraction of sp³-hybridized carbons (Fsp3) is 0.323. The molecule has 0 spiro atoms. The van der Waals surface area contributed by atoms with Gasteiger partial charge in [-0.2, -0.15) is 4.98 Å². The van der Waals surface area contributed by atoms with Crippen LogP contribution in [0.5, 0.6) is 0 Å². The molecule has 43 heavy (non-hydrogen) atoms. The number of allylic oxidation sites excluding steroid dienone is 1. The Balaban J connectivity index is 1.09. The van der Waals surface area contributed by atoms with Crippen molar-refractivity contribution < 1.29 is 9.59 Å². The zero-order valence-electron chi connectivity index (χ0n) is 23.6. The molecule has 3 aromatic rings. The Hall–Kier alpha value is -4.64. The molecule has 2 aromatic carbocycles. The number of nitrogens with zero attached hydrogens (tertiary/aromatic N) is 4. The lowest BCUT2D eigenvalue weighted by Crippen LogP contribution is -2.41. The minimum atomic E-state index is -0.171. The average Bonchev–Trinajstić information content (AvgIpc) is 3.00. The predicted octanol–water partition coefficient (Wildman–Crippen LogP) is 6.02. The van der Waals surface area contributed by atoms with Gasteiger partial charge in [0.25, 0.3) is 0 Å². The fourth-order valence-electron chi connectivity index (χ4n) is 5.65. The van der Waals surface area contributed by atoms with Crippen LogP contribution in [0.3, 0.4) is 0 Å². The van der Waals surface area contributed by atoms with Gasteiger partial charge >= 0.3 is 6.03 Å². The molecule has 1 fully saturated rings. The maximum Gasteiger partial charge on any atom is 0.321 e. The lowest BCUT2D eigenvalue weighted by Gasteiger charge is -2.32. The quantitative estimate of drug-likeness (QED) is 0.230. The molecule has 6 bridgehead atoms. The summed E-state index contributed by atoms with van der Waals surface area (Å²) in [6, 6.07) is 12.9. The molecule has 1 atom stereocenters. The van der Waals surface area contributed by atoms with E-state index in [-0.39, 0.29) is 23.8 Å². The number of halogens is 1. The fourth-order valence-corrected chi connectivity index (χ4v) is 5.79. The molecule has 3 amide bonds. The van der Waals surface area contributed by atoms with Crippen LogP contribution in [0.2, 0.25) is 5.02 Å². The second-order valence-electron chi connectivity index (χ2n) is 11.2. The number of carbonyl (C=O) groups is 2. The summed E-state index contributed by atoms with van der Waals surface area (Å²) in [7, 11) is 0. The van der Waals surface area contributed by atoms with Crippen LogP contribution in [-0.4, -0.2) is 46.1 Å². The minimum absolute atomic E-state index is 0.0306. The third-order valence-corrected chi connectivity index (χ3v) is 8.31. The highest BCUT2D eigenvalue weighted by atomic mass is 35.5. The number of rotatable bonds is 4. The molecule has 0 saturated carbocycles. The zero-order valence-corrected chi connectivity index (χ0v) is 24.4. The lowest BCUT2D eigenvalue weighted by molar-refractivity contribution is -0.117. The summed E-state index contributed by atoms with van der Waals surface area (Å²) in [5.74, 6) is 1.34. The molecule has 6 rings (SSSR count). The number of hydrogen-bond acceptors (Lipinski definition) is 8. The average molecular weight is 600 g/mol. The highest BCUT2D eigenvalue weighted by Crippen LogP contribution is 2.31. The van der Waals surface area contributed by atoms with Crippen molar-refractivity contribution in [3.8, 4) is 0 Å². The molecule has 222 valence electrons. The zero-order chi connectivity index (χ0) is 29.8.